The molecule has 0 radical (unpaired) electrons. The summed E-state index contributed by atoms with van der Waals surface area (Å²) in [7, 11) is 0. The van der Waals surface area contributed by atoms with Crippen LogP contribution in [-0.2, 0) is 51.4 Å². The van der Waals surface area contributed by atoms with Gasteiger partial charge in [-0.25, -0.2) is 0 Å². The number of unbranched alkanes of at least 4 members (excludes halogenated alkanes) is 32. The lowest BCUT2D eigenvalue weighted by Crippen LogP contribution is -2.00. The molecule has 0 bridgehead atoms. The maximum absolute atomic E-state index is 4.37. The highest BCUT2D eigenvalue weighted by molar-refractivity contribution is 5.80. The smallest absolute Gasteiger partial charge is 0.0221 e. The van der Waals surface area contributed by atoms with Crippen LogP contribution in [0.4, 0.5) is 0 Å². The second-order valence-electron chi connectivity index (χ2n) is 27.7. The van der Waals surface area contributed by atoms with Gasteiger partial charge in [-0.1, -0.05) is 371 Å². The lowest BCUT2D eigenvalue weighted by atomic mass is 9.88. The fraction of sp³-hybridized carbons (Fsp3) is 0.622. The number of hydrogen-bond acceptors (Lipinski definition) is 0. The average molecular weight is 1220 g/mol. The molecule has 4 aromatic carbocycles. The maximum Gasteiger partial charge on any atom is -0.0221 e. The Bertz CT molecular complexity index is 2420. The standard InChI is InChI=1S/C90H140/c1-11-21-29-37-45-53-77-69-85(79(67-75(77)19-9)55-47-39-31-23-13-3)61-63-87-71-83(59-51-43-35-27-17-7)89(73-81(87)57-49-41-33-25-15-5)65-66-90-74-82(58-50-42-34-26-16-6)88(72-84(90)60-52-44-36-28-18-8)64-62-86-70-78(54-46-38-30-22-12-2)76(20-10)68-80(86)56-48-40-32-24-14-4/h19-20,61-74H,9-18,21-60H2,1-8H3/b63-61+,64-62+,66-65+. The highest BCUT2D eigenvalue weighted by Gasteiger charge is 2.15. The summed E-state index contributed by atoms with van der Waals surface area (Å²) in [6.45, 7) is 27.4. The van der Waals surface area contributed by atoms with Crippen LogP contribution in [0.15, 0.2) is 61.7 Å². The second kappa shape index (κ2) is 51.1. The lowest BCUT2D eigenvalue weighted by Gasteiger charge is -2.17. The first-order chi connectivity index (χ1) is 44.3. The summed E-state index contributed by atoms with van der Waals surface area (Å²) in [5.74, 6) is 0. The maximum atomic E-state index is 4.37. The Balaban J connectivity index is 1.95. The van der Waals surface area contributed by atoms with E-state index in [2.05, 4.69) is 166 Å². The van der Waals surface area contributed by atoms with Gasteiger partial charge in [0.1, 0.15) is 0 Å². The molecule has 0 aliphatic heterocycles. The minimum absolute atomic E-state index is 1.13. The van der Waals surface area contributed by atoms with Gasteiger partial charge in [-0.15, -0.1) is 0 Å². The Morgan fingerprint density at radius 2 is 0.300 bits per heavy atom. The summed E-state index contributed by atoms with van der Waals surface area (Å²) in [6, 6.07) is 20.9. The van der Waals surface area contributed by atoms with Crippen LogP contribution in [0.3, 0.4) is 0 Å². The molecule has 0 nitrogen and oxygen atoms in total. The third-order valence-corrected chi connectivity index (χ3v) is 19.8. The van der Waals surface area contributed by atoms with Crippen LogP contribution in [0, 0.1) is 0 Å². The van der Waals surface area contributed by atoms with Crippen LogP contribution in [0.5, 0.6) is 0 Å². The molecular formula is C90H140. The molecule has 0 saturated heterocycles. The molecule has 0 aromatic heterocycles. The van der Waals surface area contributed by atoms with E-state index in [1.165, 1.54) is 346 Å². The highest BCUT2D eigenvalue weighted by atomic mass is 14.2. The van der Waals surface area contributed by atoms with Crippen molar-refractivity contribution < 1.29 is 0 Å². The van der Waals surface area contributed by atoms with E-state index < -0.39 is 0 Å². The van der Waals surface area contributed by atoms with Crippen LogP contribution in [0.1, 0.15) is 401 Å². The molecule has 90 heavy (non-hydrogen) atoms. The number of benzene rings is 4. The van der Waals surface area contributed by atoms with E-state index in [0.717, 1.165) is 51.4 Å². The van der Waals surface area contributed by atoms with E-state index in [0.29, 0.717) is 0 Å². The molecule has 0 saturated carbocycles. The van der Waals surface area contributed by atoms with E-state index in [1.807, 2.05) is 0 Å². The minimum atomic E-state index is 1.13. The summed E-state index contributed by atoms with van der Waals surface area (Å²) in [4.78, 5) is 0. The second-order valence-corrected chi connectivity index (χ2v) is 27.7. The van der Waals surface area contributed by atoms with Gasteiger partial charge >= 0.3 is 0 Å². The Hall–Kier alpha value is -4.42. The summed E-state index contributed by atoms with van der Waals surface area (Å²) >= 11 is 0. The molecule has 4 rings (SSSR count). The van der Waals surface area contributed by atoms with Gasteiger partial charge in [-0.2, -0.15) is 0 Å². The quantitative estimate of drug-likeness (QED) is 0.0305. The Morgan fingerprint density at radius 3 is 0.433 bits per heavy atom. The van der Waals surface area contributed by atoms with Crippen LogP contribution in [0.25, 0.3) is 48.6 Å². The fourth-order valence-electron chi connectivity index (χ4n) is 13.8. The van der Waals surface area contributed by atoms with E-state index in [-0.39, 0.29) is 0 Å². The zero-order valence-electron chi connectivity index (χ0n) is 60.6. The number of aryl methyl sites for hydroxylation is 8. The van der Waals surface area contributed by atoms with Crippen molar-refractivity contribution in [1.82, 2.24) is 0 Å². The molecule has 0 aliphatic rings. The van der Waals surface area contributed by atoms with E-state index >= 15 is 0 Å². The molecule has 0 aliphatic carbocycles. The minimum Gasteiger partial charge on any atom is -0.0985 e. The van der Waals surface area contributed by atoms with Crippen molar-refractivity contribution in [2.75, 3.05) is 0 Å². The molecule has 0 spiro atoms. The van der Waals surface area contributed by atoms with Crippen LogP contribution >= 0.6 is 0 Å². The molecule has 500 valence electrons. The van der Waals surface area contributed by atoms with Gasteiger partial charge in [0.05, 0.1) is 0 Å². The van der Waals surface area contributed by atoms with Crippen LogP contribution in [0.2, 0.25) is 0 Å². The van der Waals surface area contributed by atoms with Crippen molar-refractivity contribution in [3.63, 3.8) is 0 Å². The summed E-state index contributed by atoms with van der Waals surface area (Å²) in [6.07, 6.45) is 80.9. The summed E-state index contributed by atoms with van der Waals surface area (Å²) < 4.78 is 0. The first-order valence-electron chi connectivity index (χ1n) is 39.2. The Morgan fingerprint density at radius 1 is 0.178 bits per heavy atom. The van der Waals surface area contributed by atoms with Crippen molar-refractivity contribution in [2.24, 2.45) is 0 Å². The summed E-state index contributed by atoms with van der Waals surface area (Å²) in [5, 5.41) is 0. The van der Waals surface area contributed by atoms with Crippen molar-refractivity contribution in [2.45, 2.75) is 364 Å². The molecule has 0 N–H and O–H groups in total. The normalized spacial score (nSPS) is 11.9. The molecular weight excluding hydrogens is 1080 g/mol. The van der Waals surface area contributed by atoms with Gasteiger partial charge in [0.2, 0.25) is 0 Å². The molecule has 0 amide bonds. The molecule has 0 heteroatoms. The van der Waals surface area contributed by atoms with Gasteiger partial charge in [0, 0.05) is 0 Å². The summed E-state index contributed by atoms with van der Waals surface area (Å²) in [5.41, 5.74) is 23.5. The average Bonchev–Trinajstić information content (AvgIpc) is 3.44. The predicted molar refractivity (Wildman–Crippen MR) is 412 cm³/mol. The number of hydrogen-bond donors (Lipinski definition) is 0. The van der Waals surface area contributed by atoms with Crippen molar-refractivity contribution in [3.05, 3.63) is 151 Å². The van der Waals surface area contributed by atoms with Crippen molar-refractivity contribution in [1.29, 1.82) is 0 Å². The van der Waals surface area contributed by atoms with E-state index in [4.69, 9.17) is 0 Å². The zero-order valence-corrected chi connectivity index (χ0v) is 60.6. The molecule has 0 heterocycles. The largest absolute Gasteiger partial charge is 0.0985 e. The van der Waals surface area contributed by atoms with Crippen molar-refractivity contribution in [3.8, 4) is 0 Å². The number of rotatable bonds is 56. The molecule has 4 aromatic rings. The van der Waals surface area contributed by atoms with Gasteiger partial charge in [-0.05, 0) is 192 Å². The van der Waals surface area contributed by atoms with Crippen LogP contribution in [-0.4, -0.2) is 0 Å². The van der Waals surface area contributed by atoms with Crippen molar-refractivity contribution >= 4 is 48.6 Å². The topological polar surface area (TPSA) is 0 Å². The van der Waals surface area contributed by atoms with Crippen LogP contribution < -0.4 is 0 Å². The predicted octanol–water partition coefficient (Wildman–Crippen LogP) is 29.6. The van der Waals surface area contributed by atoms with Gasteiger partial charge < -0.3 is 0 Å². The third-order valence-electron chi connectivity index (χ3n) is 19.8. The molecule has 0 unspecified atom stereocenters. The zero-order chi connectivity index (χ0) is 64.5. The monoisotopic (exact) mass is 1220 g/mol. The fourth-order valence-corrected chi connectivity index (χ4v) is 13.8. The SMILES string of the molecule is C=Cc1cc(CCCCCCC)c(/C=C/c2cc(CCCCCCC)c(/C=C/c3cc(CCCCCCC)c(/C=C/c4cc(CCCCCCC)c(C=C)cc4CCCCCCC)cc3CCCCCCC)cc2CCCCCCC)cc1CCCCCCC. The Kier molecular flexibility index (Phi) is 44.3. The van der Waals surface area contributed by atoms with Gasteiger partial charge in [0.25, 0.3) is 0 Å². The molecule has 0 fully saturated rings. The van der Waals surface area contributed by atoms with E-state index in [9.17, 15) is 0 Å². The lowest BCUT2D eigenvalue weighted by molar-refractivity contribution is 0.629. The Labute approximate surface area is 559 Å². The third kappa shape index (κ3) is 31.5. The molecule has 0 atom stereocenters. The highest BCUT2D eigenvalue weighted by Crippen LogP contribution is 2.32. The van der Waals surface area contributed by atoms with Gasteiger partial charge in [0.15, 0.2) is 0 Å². The first-order valence-corrected chi connectivity index (χ1v) is 39.2. The van der Waals surface area contributed by atoms with Gasteiger partial charge in [-0.3, -0.25) is 0 Å². The first kappa shape index (κ1) is 78.0. The van der Waals surface area contributed by atoms with E-state index in [1.54, 1.807) is 0 Å².